The van der Waals surface area contributed by atoms with Crippen molar-refractivity contribution in [1.82, 2.24) is 0 Å². The Balaban J connectivity index is 1.49. The van der Waals surface area contributed by atoms with Gasteiger partial charge in [0.2, 0.25) is 0 Å². The molecule has 0 aliphatic heterocycles. The van der Waals surface area contributed by atoms with Gasteiger partial charge >= 0.3 is 0 Å². The second kappa shape index (κ2) is 7.75. The molecule has 1 nitrogen and oxygen atoms in total. The number of allylic oxidation sites excluding steroid dienone is 1. The molecule has 0 aromatic heterocycles. The number of fused-ring (bicyclic) bond motifs is 5. The second-order valence-electron chi connectivity index (χ2n) is 12.2. The highest BCUT2D eigenvalue weighted by Gasteiger charge is 2.59. The summed E-state index contributed by atoms with van der Waals surface area (Å²) in [6, 6.07) is 0. The molecule has 1 heteroatoms. The van der Waals surface area contributed by atoms with Crippen molar-refractivity contribution in [3.8, 4) is 0 Å². The molecule has 0 aromatic rings. The third-order valence-electron chi connectivity index (χ3n) is 10.3. The van der Waals surface area contributed by atoms with Crippen LogP contribution in [0.1, 0.15) is 105 Å². The maximum Gasteiger partial charge on any atom is 0.0577 e. The second-order valence-corrected chi connectivity index (χ2v) is 12.2. The van der Waals surface area contributed by atoms with E-state index >= 15 is 0 Å². The van der Waals surface area contributed by atoms with Crippen molar-refractivity contribution in [3.63, 3.8) is 0 Å². The first kappa shape index (κ1) is 21.0. The summed E-state index contributed by atoms with van der Waals surface area (Å²) in [6.45, 7) is 12.6. The molecule has 6 unspecified atom stereocenters. The zero-order valence-electron chi connectivity index (χ0n) is 19.3. The van der Waals surface area contributed by atoms with Crippen LogP contribution in [-0.4, -0.2) is 11.2 Å². The molecule has 3 fully saturated rings. The van der Waals surface area contributed by atoms with Gasteiger partial charge in [-0.1, -0.05) is 65.5 Å². The summed E-state index contributed by atoms with van der Waals surface area (Å²) in [5.74, 6) is 5.46. The fourth-order valence-corrected chi connectivity index (χ4v) is 8.67. The lowest BCUT2D eigenvalue weighted by atomic mass is 9.47. The topological polar surface area (TPSA) is 20.2 Å². The summed E-state index contributed by atoms with van der Waals surface area (Å²) in [4.78, 5) is 0. The average Bonchev–Trinajstić information content (AvgIpc) is 2.99. The molecule has 8 atom stereocenters. The van der Waals surface area contributed by atoms with Crippen molar-refractivity contribution in [1.29, 1.82) is 0 Å². The molecule has 160 valence electrons. The van der Waals surface area contributed by atoms with Gasteiger partial charge in [0.25, 0.3) is 0 Å². The fourth-order valence-electron chi connectivity index (χ4n) is 8.67. The van der Waals surface area contributed by atoms with Gasteiger partial charge in [0.15, 0.2) is 0 Å². The number of rotatable bonds is 5. The summed E-state index contributed by atoms with van der Waals surface area (Å²) >= 11 is 0. The largest absolute Gasteiger partial charge is 0.393 e. The van der Waals surface area contributed by atoms with E-state index in [1.54, 1.807) is 5.57 Å². The van der Waals surface area contributed by atoms with Crippen LogP contribution < -0.4 is 0 Å². The molecule has 0 amide bonds. The van der Waals surface area contributed by atoms with Gasteiger partial charge in [-0.25, -0.2) is 0 Å². The van der Waals surface area contributed by atoms with Gasteiger partial charge in [0, 0.05) is 0 Å². The predicted molar refractivity (Wildman–Crippen MR) is 119 cm³/mol. The van der Waals surface area contributed by atoms with Crippen LogP contribution in [0.25, 0.3) is 0 Å². The number of hydrogen-bond acceptors (Lipinski definition) is 1. The van der Waals surface area contributed by atoms with E-state index in [9.17, 15) is 5.11 Å². The van der Waals surface area contributed by atoms with Crippen LogP contribution in [0.4, 0.5) is 0 Å². The summed E-state index contributed by atoms with van der Waals surface area (Å²) in [5.41, 5.74) is 2.60. The Morgan fingerprint density at radius 3 is 2.54 bits per heavy atom. The summed E-state index contributed by atoms with van der Waals surface area (Å²) < 4.78 is 0. The monoisotopic (exact) mass is 386 g/mol. The number of aliphatic hydroxyl groups is 1. The molecule has 4 rings (SSSR count). The smallest absolute Gasteiger partial charge is 0.0577 e. The van der Waals surface area contributed by atoms with E-state index in [0.29, 0.717) is 10.8 Å². The lowest BCUT2D eigenvalue weighted by molar-refractivity contribution is -0.0573. The highest BCUT2D eigenvalue weighted by atomic mass is 16.3. The Labute approximate surface area is 174 Å². The van der Waals surface area contributed by atoms with Crippen molar-refractivity contribution in [2.75, 3.05) is 0 Å². The van der Waals surface area contributed by atoms with Crippen LogP contribution >= 0.6 is 0 Å². The molecule has 0 heterocycles. The Morgan fingerprint density at radius 1 is 1.00 bits per heavy atom. The molecule has 0 bridgehead atoms. The van der Waals surface area contributed by atoms with E-state index in [0.717, 1.165) is 48.3 Å². The lowest BCUT2D eigenvalue weighted by Gasteiger charge is -2.58. The lowest BCUT2D eigenvalue weighted by Crippen LogP contribution is -2.50. The third-order valence-corrected chi connectivity index (χ3v) is 10.3. The van der Waals surface area contributed by atoms with Crippen LogP contribution in [0, 0.1) is 46.3 Å². The van der Waals surface area contributed by atoms with Gasteiger partial charge < -0.3 is 5.11 Å². The average molecular weight is 387 g/mol. The molecule has 0 spiro atoms. The van der Waals surface area contributed by atoms with Crippen LogP contribution in [0.5, 0.6) is 0 Å². The van der Waals surface area contributed by atoms with E-state index in [2.05, 4.69) is 40.7 Å². The van der Waals surface area contributed by atoms with Gasteiger partial charge in [0.1, 0.15) is 0 Å². The summed E-state index contributed by atoms with van der Waals surface area (Å²) in [7, 11) is 0. The van der Waals surface area contributed by atoms with Crippen molar-refractivity contribution >= 4 is 0 Å². The molecule has 4 aliphatic carbocycles. The van der Waals surface area contributed by atoms with E-state index < -0.39 is 0 Å². The first-order chi connectivity index (χ1) is 13.3. The maximum absolute atomic E-state index is 10.2. The molecule has 0 aromatic carbocycles. The molecule has 28 heavy (non-hydrogen) atoms. The van der Waals surface area contributed by atoms with Gasteiger partial charge in [-0.15, -0.1) is 0 Å². The summed E-state index contributed by atoms with van der Waals surface area (Å²) in [6.07, 6.45) is 17.2. The van der Waals surface area contributed by atoms with E-state index in [1.165, 1.54) is 57.8 Å². The van der Waals surface area contributed by atoms with Gasteiger partial charge in [-0.3, -0.25) is 0 Å². The van der Waals surface area contributed by atoms with Crippen molar-refractivity contribution in [2.45, 2.75) is 111 Å². The minimum absolute atomic E-state index is 0.0766. The first-order valence-corrected chi connectivity index (χ1v) is 12.6. The third kappa shape index (κ3) is 3.42. The SMILES string of the molecule is CC(C)CCC[C@@H](C)C1CCC2C3CC=C4CC(O)CC[C@]4(C)C3CCC21C. The fraction of sp³-hybridized carbons (Fsp3) is 0.926. The Morgan fingerprint density at radius 2 is 1.79 bits per heavy atom. The van der Waals surface area contributed by atoms with Crippen LogP contribution in [0.2, 0.25) is 0 Å². The number of aliphatic hydroxyl groups excluding tert-OH is 1. The van der Waals surface area contributed by atoms with E-state index in [4.69, 9.17) is 0 Å². The minimum atomic E-state index is -0.0766. The molecule has 0 radical (unpaired) electrons. The quantitative estimate of drug-likeness (QED) is 0.488. The van der Waals surface area contributed by atoms with Crippen molar-refractivity contribution < 1.29 is 5.11 Å². The molecular weight excluding hydrogens is 340 g/mol. The van der Waals surface area contributed by atoms with Gasteiger partial charge in [-0.2, -0.15) is 0 Å². The standard InChI is InChI=1S/C27H46O/c1-18(2)7-6-8-19(3)23-11-12-24-22-10-9-20-17-21(28)13-15-26(20,4)25(22)14-16-27(23,24)5/h9,18-19,21-25,28H,6-8,10-17H2,1-5H3/t19-,21?,22?,23?,24?,25?,26+,27?/m1/s1. The maximum atomic E-state index is 10.2. The zero-order valence-corrected chi connectivity index (χ0v) is 19.3. The minimum Gasteiger partial charge on any atom is -0.393 e. The number of hydrogen-bond donors (Lipinski definition) is 1. The van der Waals surface area contributed by atoms with Crippen LogP contribution in [0.3, 0.4) is 0 Å². The highest BCUT2D eigenvalue weighted by Crippen LogP contribution is 2.67. The van der Waals surface area contributed by atoms with E-state index in [1.807, 2.05) is 0 Å². The predicted octanol–water partition coefficient (Wildman–Crippen LogP) is 7.39. The van der Waals surface area contributed by atoms with Crippen LogP contribution in [0.15, 0.2) is 11.6 Å². The van der Waals surface area contributed by atoms with Gasteiger partial charge in [-0.05, 0) is 97.7 Å². The molecule has 4 aliphatic rings. The highest BCUT2D eigenvalue weighted by molar-refractivity contribution is 5.25. The molecule has 1 N–H and O–H groups in total. The Kier molecular flexibility index (Phi) is 5.80. The molecule has 0 saturated heterocycles. The Hall–Kier alpha value is -0.300. The molecule has 3 saturated carbocycles. The normalized spacial score (nSPS) is 46.5. The Bertz CT molecular complexity index is 591. The van der Waals surface area contributed by atoms with Crippen LogP contribution in [-0.2, 0) is 0 Å². The van der Waals surface area contributed by atoms with E-state index in [-0.39, 0.29) is 6.10 Å². The van der Waals surface area contributed by atoms with Crippen molar-refractivity contribution in [3.05, 3.63) is 11.6 Å². The molecular formula is C27H46O. The van der Waals surface area contributed by atoms with Crippen molar-refractivity contribution in [2.24, 2.45) is 46.3 Å². The zero-order chi connectivity index (χ0) is 20.1. The first-order valence-electron chi connectivity index (χ1n) is 12.6. The van der Waals surface area contributed by atoms with Gasteiger partial charge in [0.05, 0.1) is 6.10 Å². The summed E-state index contributed by atoms with van der Waals surface area (Å²) in [5, 5.41) is 10.2.